The maximum Gasteiger partial charge on any atom is 0.261 e. The van der Waals surface area contributed by atoms with E-state index in [-0.39, 0.29) is 17.7 Å². The van der Waals surface area contributed by atoms with Crippen LogP contribution in [0.5, 0.6) is 0 Å². The summed E-state index contributed by atoms with van der Waals surface area (Å²) in [5.41, 5.74) is 2.32. The van der Waals surface area contributed by atoms with Crippen LogP contribution in [0, 0.1) is 6.92 Å². The van der Waals surface area contributed by atoms with Crippen molar-refractivity contribution < 1.29 is 19.4 Å². The fourth-order valence-electron chi connectivity index (χ4n) is 4.64. The van der Waals surface area contributed by atoms with Crippen molar-refractivity contribution in [1.29, 1.82) is 0 Å². The van der Waals surface area contributed by atoms with Gasteiger partial charge in [-0.05, 0) is 34.8 Å². The molecule has 0 aromatic heterocycles. The predicted octanol–water partition coefficient (Wildman–Crippen LogP) is 4.59. The van der Waals surface area contributed by atoms with E-state index in [2.05, 4.69) is 76.2 Å². The molecule has 0 unspecified atom stereocenters. The van der Waals surface area contributed by atoms with Gasteiger partial charge in [0, 0.05) is 6.42 Å². The molecule has 0 bridgehead atoms. The molecule has 0 aliphatic rings. The van der Waals surface area contributed by atoms with Crippen LogP contribution in [0.25, 0.3) is 0 Å². The summed E-state index contributed by atoms with van der Waals surface area (Å²) in [4.78, 5) is 0. The summed E-state index contributed by atoms with van der Waals surface area (Å²) < 4.78 is 13.3. The van der Waals surface area contributed by atoms with Gasteiger partial charge in [0.05, 0.1) is 25.4 Å². The number of benzene rings is 3. The quantitative estimate of drug-likeness (QED) is 0.385. The van der Waals surface area contributed by atoms with Crippen LogP contribution in [0.4, 0.5) is 0 Å². The molecule has 3 rings (SSSR count). The molecule has 0 aliphatic heterocycles. The molecule has 5 heteroatoms. The van der Waals surface area contributed by atoms with Crippen molar-refractivity contribution in [2.45, 2.75) is 71.0 Å². The van der Waals surface area contributed by atoms with Crippen LogP contribution < -0.4 is 10.4 Å². The lowest BCUT2D eigenvalue weighted by atomic mass is 10.1. The summed E-state index contributed by atoms with van der Waals surface area (Å²) in [6.45, 7) is 10.8. The zero-order chi connectivity index (χ0) is 25.5. The van der Waals surface area contributed by atoms with E-state index < -0.39 is 20.5 Å². The van der Waals surface area contributed by atoms with Crippen LogP contribution >= 0.6 is 0 Å². The van der Waals surface area contributed by atoms with Crippen LogP contribution in [0.1, 0.15) is 45.2 Å². The third-order valence-electron chi connectivity index (χ3n) is 6.58. The third kappa shape index (κ3) is 6.69. The lowest BCUT2D eigenvalue weighted by Crippen LogP contribution is -2.68. The standard InChI is InChI=1S/C30H40O4Si/c1-23-16-18-25(19-17-23)22-33-24(2)20-29(28(32)21-31)34-35(30(3,4)5,26-12-8-6-9-13-26)27-14-10-7-11-15-27/h6-19,24,28-29,31-32H,20-22H2,1-5H3/t24-,28+,29-/m0/s1. The molecule has 0 amide bonds. The van der Waals surface area contributed by atoms with Gasteiger partial charge in [-0.1, -0.05) is 111 Å². The van der Waals surface area contributed by atoms with Crippen molar-refractivity contribution in [3.63, 3.8) is 0 Å². The third-order valence-corrected chi connectivity index (χ3v) is 11.6. The highest BCUT2D eigenvalue weighted by molar-refractivity contribution is 6.99. The topological polar surface area (TPSA) is 58.9 Å². The molecule has 0 radical (unpaired) electrons. The number of hydrogen-bond acceptors (Lipinski definition) is 4. The molecule has 188 valence electrons. The lowest BCUT2D eigenvalue weighted by Gasteiger charge is -2.46. The normalized spacial score (nSPS) is 14.9. The summed E-state index contributed by atoms with van der Waals surface area (Å²) in [6.07, 6.45) is -1.29. The van der Waals surface area contributed by atoms with Crippen LogP contribution in [0.3, 0.4) is 0 Å². The molecular weight excluding hydrogens is 452 g/mol. The first-order valence-corrected chi connectivity index (χ1v) is 14.3. The Morgan fingerprint density at radius 2 is 1.34 bits per heavy atom. The Hall–Kier alpha value is -2.28. The van der Waals surface area contributed by atoms with Crippen LogP contribution in [0.2, 0.25) is 5.04 Å². The average molecular weight is 493 g/mol. The maximum atomic E-state index is 10.9. The number of ether oxygens (including phenoxy) is 1. The fraction of sp³-hybridized carbons (Fsp3) is 0.400. The summed E-state index contributed by atoms with van der Waals surface area (Å²) in [6, 6.07) is 29.0. The van der Waals surface area contributed by atoms with Gasteiger partial charge in [-0.3, -0.25) is 0 Å². The molecule has 4 nitrogen and oxygen atoms in total. The summed E-state index contributed by atoms with van der Waals surface area (Å²) in [5.74, 6) is 0. The van der Waals surface area contributed by atoms with E-state index in [1.54, 1.807) is 0 Å². The number of aliphatic hydroxyl groups excluding tert-OH is 2. The minimum absolute atomic E-state index is 0.166. The van der Waals surface area contributed by atoms with Crippen molar-refractivity contribution in [2.75, 3.05) is 6.61 Å². The van der Waals surface area contributed by atoms with Gasteiger partial charge in [-0.2, -0.15) is 0 Å². The first-order chi connectivity index (χ1) is 16.7. The number of aryl methyl sites for hydroxylation is 1. The molecule has 3 aromatic carbocycles. The van der Waals surface area contributed by atoms with E-state index in [9.17, 15) is 10.2 Å². The van der Waals surface area contributed by atoms with Gasteiger partial charge in [0.15, 0.2) is 0 Å². The van der Waals surface area contributed by atoms with Crippen molar-refractivity contribution in [3.05, 3.63) is 96.1 Å². The van der Waals surface area contributed by atoms with E-state index in [1.807, 2.05) is 43.3 Å². The van der Waals surface area contributed by atoms with Crippen LogP contribution in [-0.2, 0) is 15.8 Å². The van der Waals surface area contributed by atoms with E-state index in [0.717, 1.165) is 15.9 Å². The number of rotatable bonds is 11. The first kappa shape index (κ1) is 27.3. The fourth-order valence-corrected chi connectivity index (χ4v) is 9.36. The minimum Gasteiger partial charge on any atom is -0.402 e. The molecule has 0 heterocycles. The Bertz CT molecular complexity index is 976. The second-order valence-electron chi connectivity index (χ2n) is 10.4. The molecule has 0 fully saturated rings. The van der Waals surface area contributed by atoms with Crippen molar-refractivity contribution >= 4 is 18.7 Å². The zero-order valence-electron chi connectivity index (χ0n) is 21.6. The molecule has 2 N–H and O–H groups in total. The molecule has 0 aliphatic carbocycles. The van der Waals surface area contributed by atoms with Gasteiger partial charge in [-0.15, -0.1) is 0 Å². The number of aliphatic hydroxyl groups is 2. The van der Waals surface area contributed by atoms with Gasteiger partial charge >= 0.3 is 0 Å². The number of hydrogen-bond donors (Lipinski definition) is 2. The predicted molar refractivity (Wildman–Crippen MR) is 146 cm³/mol. The molecule has 0 saturated carbocycles. The SMILES string of the molecule is Cc1ccc(CO[C@@H](C)C[C@H](O[Si](c2ccccc2)(c2ccccc2)C(C)(C)C)[C@H](O)CO)cc1. The molecule has 3 aromatic rings. The smallest absolute Gasteiger partial charge is 0.261 e. The molecule has 0 spiro atoms. The second kappa shape index (κ2) is 12.1. The van der Waals surface area contributed by atoms with Gasteiger partial charge in [0.1, 0.15) is 6.10 Å². The summed E-state index contributed by atoms with van der Waals surface area (Å²) in [5, 5.41) is 22.9. The Kier molecular flexibility index (Phi) is 9.45. The minimum atomic E-state index is -2.88. The molecular formula is C30H40O4Si. The average Bonchev–Trinajstić information content (AvgIpc) is 2.86. The largest absolute Gasteiger partial charge is 0.402 e. The molecule has 35 heavy (non-hydrogen) atoms. The first-order valence-electron chi connectivity index (χ1n) is 12.4. The Morgan fingerprint density at radius 1 is 0.829 bits per heavy atom. The van der Waals surface area contributed by atoms with Crippen LogP contribution in [-0.4, -0.2) is 43.4 Å². The second-order valence-corrected chi connectivity index (χ2v) is 14.7. The van der Waals surface area contributed by atoms with Crippen molar-refractivity contribution in [3.8, 4) is 0 Å². The summed E-state index contributed by atoms with van der Waals surface area (Å²) >= 11 is 0. The highest BCUT2D eigenvalue weighted by Crippen LogP contribution is 2.38. The van der Waals surface area contributed by atoms with Gasteiger partial charge in [0.2, 0.25) is 0 Å². The Balaban J connectivity index is 1.93. The molecule has 0 saturated heterocycles. The Labute approximate surface area is 211 Å². The van der Waals surface area contributed by atoms with E-state index in [0.29, 0.717) is 13.0 Å². The van der Waals surface area contributed by atoms with Crippen LogP contribution in [0.15, 0.2) is 84.9 Å². The van der Waals surface area contributed by atoms with Gasteiger partial charge < -0.3 is 19.4 Å². The van der Waals surface area contributed by atoms with E-state index in [1.165, 1.54) is 5.56 Å². The van der Waals surface area contributed by atoms with Crippen molar-refractivity contribution in [2.24, 2.45) is 0 Å². The van der Waals surface area contributed by atoms with Gasteiger partial charge in [-0.25, -0.2) is 0 Å². The van der Waals surface area contributed by atoms with Crippen molar-refractivity contribution in [1.82, 2.24) is 0 Å². The van der Waals surface area contributed by atoms with E-state index >= 15 is 0 Å². The Morgan fingerprint density at radius 3 is 1.80 bits per heavy atom. The highest BCUT2D eigenvalue weighted by atomic mass is 28.4. The zero-order valence-corrected chi connectivity index (χ0v) is 22.6. The van der Waals surface area contributed by atoms with Gasteiger partial charge in [0.25, 0.3) is 8.32 Å². The highest BCUT2D eigenvalue weighted by Gasteiger charge is 2.52. The lowest BCUT2D eigenvalue weighted by molar-refractivity contribution is -0.0431. The van der Waals surface area contributed by atoms with E-state index in [4.69, 9.17) is 9.16 Å². The monoisotopic (exact) mass is 492 g/mol. The molecule has 3 atom stereocenters. The summed E-state index contributed by atoms with van der Waals surface area (Å²) in [7, 11) is -2.88. The maximum absolute atomic E-state index is 10.9.